The fraction of sp³-hybridized carbons (Fsp3) is 0.357. The molecule has 4 rings (SSSR count). The minimum absolute atomic E-state index is 0.614. The molecule has 3 nitrogen and oxygen atoms in total. The molecule has 3 heteroatoms. The van der Waals surface area contributed by atoms with Crippen LogP contribution in [0.1, 0.15) is 35.6 Å². The first-order valence-corrected chi connectivity index (χ1v) is 11.5. The summed E-state index contributed by atoms with van der Waals surface area (Å²) in [5.41, 5.74) is 6.62. The maximum absolute atomic E-state index is 5.96. The molecule has 1 heterocycles. The van der Waals surface area contributed by atoms with Crippen molar-refractivity contribution in [1.29, 1.82) is 0 Å². The van der Waals surface area contributed by atoms with Gasteiger partial charge in [0.2, 0.25) is 0 Å². The summed E-state index contributed by atoms with van der Waals surface area (Å²) in [4.78, 5) is 5.04. The standard InChI is InChI=1S/C28H34N2O/c1-3-4-24-11-15-28(16-12-24)31-22-26-9-7-25(8-10-26)21-29-17-19-30(20-18-29)27-13-5-23(2)6-14-27/h5-16H,3-4,17-22H2,1-2H3. The van der Waals surface area contributed by atoms with Gasteiger partial charge in [-0.3, -0.25) is 4.90 Å². The van der Waals surface area contributed by atoms with Gasteiger partial charge in [-0.15, -0.1) is 0 Å². The van der Waals surface area contributed by atoms with Gasteiger partial charge in [0.15, 0.2) is 0 Å². The third kappa shape index (κ3) is 6.11. The van der Waals surface area contributed by atoms with Crippen LogP contribution in [0.2, 0.25) is 0 Å². The van der Waals surface area contributed by atoms with Gasteiger partial charge in [0.1, 0.15) is 12.4 Å². The highest BCUT2D eigenvalue weighted by molar-refractivity contribution is 5.47. The Hall–Kier alpha value is -2.78. The maximum atomic E-state index is 5.96. The molecule has 0 aliphatic carbocycles. The average Bonchev–Trinajstić information content (AvgIpc) is 2.81. The molecule has 0 N–H and O–H groups in total. The van der Waals surface area contributed by atoms with Gasteiger partial charge in [-0.2, -0.15) is 0 Å². The van der Waals surface area contributed by atoms with E-state index in [-0.39, 0.29) is 0 Å². The smallest absolute Gasteiger partial charge is 0.119 e. The van der Waals surface area contributed by atoms with E-state index in [1.54, 1.807) is 0 Å². The highest BCUT2D eigenvalue weighted by atomic mass is 16.5. The van der Waals surface area contributed by atoms with Gasteiger partial charge in [0.25, 0.3) is 0 Å². The number of benzene rings is 3. The van der Waals surface area contributed by atoms with Crippen molar-refractivity contribution in [2.24, 2.45) is 0 Å². The molecule has 1 saturated heterocycles. The highest BCUT2D eigenvalue weighted by Crippen LogP contribution is 2.19. The third-order valence-electron chi connectivity index (χ3n) is 6.07. The lowest BCUT2D eigenvalue weighted by Gasteiger charge is -2.36. The lowest BCUT2D eigenvalue weighted by atomic mass is 10.1. The molecule has 0 amide bonds. The summed E-state index contributed by atoms with van der Waals surface area (Å²) in [5.74, 6) is 0.940. The summed E-state index contributed by atoms with van der Waals surface area (Å²) in [7, 11) is 0. The minimum Gasteiger partial charge on any atom is -0.489 e. The van der Waals surface area contributed by atoms with Gasteiger partial charge in [0.05, 0.1) is 0 Å². The number of hydrogen-bond donors (Lipinski definition) is 0. The fourth-order valence-electron chi connectivity index (χ4n) is 4.13. The lowest BCUT2D eigenvalue weighted by molar-refractivity contribution is 0.250. The van der Waals surface area contributed by atoms with Crippen LogP contribution in [-0.2, 0) is 19.6 Å². The van der Waals surface area contributed by atoms with E-state index >= 15 is 0 Å². The van der Waals surface area contributed by atoms with Crippen molar-refractivity contribution in [2.75, 3.05) is 31.1 Å². The quantitative estimate of drug-likeness (QED) is 0.460. The first kappa shape index (κ1) is 21.5. The van der Waals surface area contributed by atoms with Crippen LogP contribution in [0.3, 0.4) is 0 Å². The van der Waals surface area contributed by atoms with Crippen LogP contribution < -0.4 is 9.64 Å². The molecule has 3 aromatic rings. The van der Waals surface area contributed by atoms with Gasteiger partial charge in [-0.05, 0) is 54.3 Å². The maximum Gasteiger partial charge on any atom is 0.119 e. The zero-order valence-corrected chi connectivity index (χ0v) is 18.9. The molecule has 0 radical (unpaired) electrons. The lowest BCUT2D eigenvalue weighted by Crippen LogP contribution is -2.45. The van der Waals surface area contributed by atoms with E-state index in [1.807, 2.05) is 0 Å². The topological polar surface area (TPSA) is 15.7 Å². The number of hydrogen-bond acceptors (Lipinski definition) is 3. The van der Waals surface area contributed by atoms with Gasteiger partial charge < -0.3 is 9.64 Å². The summed E-state index contributed by atoms with van der Waals surface area (Å²) in [6.45, 7) is 10.4. The molecular weight excluding hydrogens is 380 g/mol. The number of aryl methyl sites for hydroxylation is 2. The van der Waals surface area contributed by atoms with Crippen LogP contribution in [0.25, 0.3) is 0 Å². The van der Waals surface area contributed by atoms with Gasteiger partial charge in [0, 0.05) is 38.4 Å². The van der Waals surface area contributed by atoms with Crippen molar-refractivity contribution >= 4 is 5.69 Å². The van der Waals surface area contributed by atoms with Crippen molar-refractivity contribution in [1.82, 2.24) is 4.90 Å². The van der Waals surface area contributed by atoms with Crippen molar-refractivity contribution in [3.05, 3.63) is 95.1 Å². The first-order valence-electron chi connectivity index (χ1n) is 11.5. The highest BCUT2D eigenvalue weighted by Gasteiger charge is 2.17. The number of nitrogens with zero attached hydrogens (tertiary/aromatic N) is 2. The molecule has 0 spiro atoms. The molecule has 1 aliphatic heterocycles. The normalized spacial score (nSPS) is 14.6. The molecule has 31 heavy (non-hydrogen) atoms. The summed E-state index contributed by atoms with van der Waals surface area (Å²) >= 11 is 0. The molecule has 1 fully saturated rings. The Balaban J connectivity index is 1.23. The van der Waals surface area contributed by atoms with Crippen molar-refractivity contribution < 1.29 is 4.74 Å². The van der Waals surface area contributed by atoms with E-state index in [2.05, 4.69) is 96.4 Å². The summed E-state index contributed by atoms with van der Waals surface area (Å²) in [6.07, 6.45) is 2.30. The van der Waals surface area contributed by atoms with Gasteiger partial charge >= 0.3 is 0 Å². The van der Waals surface area contributed by atoms with Crippen molar-refractivity contribution in [2.45, 2.75) is 39.8 Å². The molecule has 0 saturated carbocycles. The van der Waals surface area contributed by atoms with Crippen molar-refractivity contribution in [3.63, 3.8) is 0 Å². The van der Waals surface area contributed by atoms with E-state index in [1.165, 1.54) is 34.4 Å². The number of anilines is 1. The Kier molecular flexibility index (Phi) is 7.26. The van der Waals surface area contributed by atoms with Crippen LogP contribution in [-0.4, -0.2) is 31.1 Å². The second-order valence-corrected chi connectivity index (χ2v) is 8.60. The molecule has 3 aromatic carbocycles. The third-order valence-corrected chi connectivity index (χ3v) is 6.07. The number of rotatable bonds is 8. The van der Waals surface area contributed by atoms with Gasteiger partial charge in [-0.25, -0.2) is 0 Å². The predicted octanol–water partition coefficient (Wildman–Crippen LogP) is 5.85. The zero-order valence-electron chi connectivity index (χ0n) is 18.9. The summed E-state index contributed by atoms with van der Waals surface area (Å²) in [6, 6.07) is 26.3. The van der Waals surface area contributed by atoms with E-state index in [0.717, 1.165) is 44.9 Å². The molecule has 0 atom stereocenters. The Bertz CT molecular complexity index is 924. The van der Waals surface area contributed by atoms with Crippen LogP contribution >= 0.6 is 0 Å². The fourth-order valence-corrected chi connectivity index (χ4v) is 4.13. The Morgan fingerprint density at radius 3 is 1.97 bits per heavy atom. The van der Waals surface area contributed by atoms with Crippen LogP contribution in [0.5, 0.6) is 5.75 Å². The Labute approximate surface area is 187 Å². The SMILES string of the molecule is CCCc1ccc(OCc2ccc(CN3CCN(c4ccc(C)cc4)CC3)cc2)cc1. The summed E-state index contributed by atoms with van der Waals surface area (Å²) in [5, 5.41) is 0. The Morgan fingerprint density at radius 1 is 0.710 bits per heavy atom. The molecule has 0 unspecified atom stereocenters. The molecule has 0 bridgehead atoms. The van der Waals surface area contributed by atoms with Crippen LogP contribution in [0.4, 0.5) is 5.69 Å². The van der Waals surface area contributed by atoms with Crippen LogP contribution in [0, 0.1) is 6.92 Å². The molecule has 1 aliphatic rings. The van der Waals surface area contributed by atoms with Gasteiger partial charge in [-0.1, -0.05) is 67.4 Å². The average molecular weight is 415 g/mol. The molecule has 162 valence electrons. The minimum atomic E-state index is 0.614. The summed E-state index contributed by atoms with van der Waals surface area (Å²) < 4.78 is 5.96. The van der Waals surface area contributed by atoms with E-state index in [0.29, 0.717) is 6.61 Å². The van der Waals surface area contributed by atoms with E-state index < -0.39 is 0 Å². The zero-order chi connectivity index (χ0) is 21.5. The number of piperazine rings is 1. The first-order chi connectivity index (χ1) is 15.2. The van der Waals surface area contributed by atoms with Crippen LogP contribution in [0.15, 0.2) is 72.8 Å². The Morgan fingerprint density at radius 2 is 1.32 bits per heavy atom. The largest absolute Gasteiger partial charge is 0.489 e. The predicted molar refractivity (Wildman–Crippen MR) is 130 cm³/mol. The molecule has 0 aromatic heterocycles. The van der Waals surface area contributed by atoms with E-state index in [9.17, 15) is 0 Å². The second kappa shape index (κ2) is 10.5. The van der Waals surface area contributed by atoms with E-state index in [4.69, 9.17) is 4.74 Å². The number of ether oxygens (including phenoxy) is 1. The van der Waals surface area contributed by atoms with Crippen molar-refractivity contribution in [3.8, 4) is 5.75 Å². The second-order valence-electron chi connectivity index (χ2n) is 8.60. The molecular formula is C28H34N2O. The monoisotopic (exact) mass is 414 g/mol.